The van der Waals surface area contributed by atoms with E-state index in [9.17, 15) is 19.2 Å². The topological polar surface area (TPSA) is 115 Å². The molecule has 1 aromatic heterocycles. The fourth-order valence-corrected chi connectivity index (χ4v) is 3.06. The summed E-state index contributed by atoms with van der Waals surface area (Å²) < 4.78 is 10.7. The number of furan rings is 1. The van der Waals surface area contributed by atoms with Crippen molar-refractivity contribution in [3.63, 3.8) is 0 Å². The molecule has 0 fully saturated rings. The van der Waals surface area contributed by atoms with Gasteiger partial charge in [0.15, 0.2) is 5.76 Å². The van der Waals surface area contributed by atoms with Gasteiger partial charge in [0.25, 0.3) is 11.8 Å². The molecule has 1 aliphatic rings. The van der Waals surface area contributed by atoms with Crippen molar-refractivity contribution in [2.45, 2.75) is 54.9 Å². The van der Waals surface area contributed by atoms with Crippen LogP contribution in [0.25, 0.3) is 5.57 Å². The number of carbonyl (C=O) groups excluding carboxylic acids is 4. The number of allylic oxidation sites excluding steroid dienone is 1. The van der Waals surface area contributed by atoms with Gasteiger partial charge in [0.2, 0.25) is 0 Å². The first-order valence-corrected chi connectivity index (χ1v) is 11.3. The highest BCUT2D eigenvalue weighted by Gasteiger charge is 2.41. The zero-order valence-electron chi connectivity index (χ0n) is 21.0. The second kappa shape index (κ2) is 9.40. The predicted octanol–water partition coefficient (Wildman–Crippen LogP) is 5.09. The number of amides is 2. The van der Waals surface area contributed by atoms with Crippen LogP contribution >= 0.6 is 0 Å². The van der Waals surface area contributed by atoms with Crippen LogP contribution in [0.1, 0.15) is 71.0 Å². The molecule has 9 nitrogen and oxygen atoms in total. The smallest absolute Gasteiger partial charge is 0.338 e. The number of hydrogen-bond acceptors (Lipinski definition) is 7. The lowest BCUT2D eigenvalue weighted by atomic mass is 9.97. The zero-order valence-corrected chi connectivity index (χ0v) is 21.0. The number of ether oxygens (including phenoxy) is 1. The Morgan fingerprint density at radius 2 is 1.66 bits per heavy atom. The standard InChI is InChI=1S/C26H30N2O7/c1-8-18(34-23(31)25(2,3)4)20-16-12-11-15(27-21(29)19-10-9-13-33-19)14-17(16)28(22(20)30)35-24(32)26(5,6)7/h9-14H,8H2,1-7H3,(H,27,29)/b20-18-. The molecule has 0 saturated heterocycles. The molecular formula is C26H30N2O7. The molecule has 1 aliphatic heterocycles. The van der Waals surface area contributed by atoms with Gasteiger partial charge in [-0.25, -0.2) is 4.79 Å². The first-order chi connectivity index (χ1) is 16.2. The molecule has 0 spiro atoms. The summed E-state index contributed by atoms with van der Waals surface area (Å²) in [6.45, 7) is 11.9. The van der Waals surface area contributed by atoms with E-state index in [1.807, 2.05) is 0 Å². The van der Waals surface area contributed by atoms with Gasteiger partial charge in [-0.1, -0.05) is 6.92 Å². The Morgan fingerprint density at radius 3 is 2.20 bits per heavy atom. The Hall–Kier alpha value is -3.88. The molecule has 0 atom stereocenters. The van der Waals surface area contributed by atoms with Gasteiger partial charge in [0.1, 0.15) is 5.76 Å². The molecule has 3 rings (SSSR count). The van der Waals surface area contributed by atoms with Crippen molar-refractivity contribution >= 4 is 40.7 Å². The highest BCUT2D eigenvalue weighted by Crippen LogP contribution is 2.42. The largest absolute Gasteiger partial charge is 0.459 e. The van der Waals surface area contributed by atoms with Crippen LogP contribution in [-0.4, -0.2) is 23.8 Å². The van der Waals surface area contributed by atoms with Crippen LogP contribution in [0.3, 0.4) is 0 Å². The highest BCUT2D eigenvalue weighted by molar-refractivity contribution is 6.33. The number of nitrogens with one attached hydrogen (secondary N) is 1. The minimum absolute atomic E-state index is 0.112. The lowest BCUT2D eigenvalue weighted by molar-refractivity contribution is -0.157. The molecule has 1 aromatic carbocycles. The van der Waals surface area contributed by atoms with Crippen LogP contribution in [0.5, 0.6) is 0 Å². The lowest BCUT2D eigenvalue weighted by Gasteiger charge is -2.22. The number of carbonyl (C=O) groups is 4. The molecule has 186 valence electrons. The molecule has 35 heavy (non-hydrogen) atoms. The summed E-state index contributed by atoms with van der Waals surface area (Å²) in [4.78, 5) is 56.6. The van der Waals surface area contributed by atoms with Crippen molar-refractivity contribution in [3.05, 3.63) is 53.7 Å². The van der Waals surface area contributed by atoms with Crippen molar-refractivity contribution < 1.29 is 33.2 Å². The van der Waals surface area contributed by atoms with Gasteiger partial charge in [0.05, 0.1) is 28.4 Å². The Morgan fingerprint density at radius 1 is 1.00 bits per heavy atom. The maximum Gasteiger partial charge on any atom is 0.338 e. The van der Waals surface area contributed by atoms with Crippen LogP contribution in [0.4, 0.5) is 11.4 Å². The second-order valence-electron chi connectivity index (χ2n) is 10.2. The third kappa shape index (κ3) is 5.45. The Labute approximate surface area is 204 Å². The van der Waals surface area contributed by atoms with Crippen LogP contribution < -0.4 is 10.4 Å². The Kier molecular flexibility index (Phi) is 6.91. The van der Waals surface area contributed by atoms with Crippen molar-refractivity contribution in [3.8, 4) is 0 Å². The average Bonchev–Trinajstić information content (AvgIpc) is 3.38. The van der Waals surface area contributed by atoms with Crippen molar-refractivity contribution in [1.82, 2.24) is 0 Å². The summed E-state index contributed by atoms with van der Waals surface area (Å²) >= 11 is 0. The third-order valence-electron chi connectivity index (χ3n) is 5.10. The quantitative estimate of drug-likeness (QED) is 0.358. The molecule has 0 bridgehead atoms. The molecule has 1 N–H and O–H groups in total. The number of benzene rings is 1. The average molecular weight is 483 g/mol. The molecule has 2 aromatic rings. The fourth-order valence-electron chi connectivity index (χ4n) is 3.06. The monoisotopic (exact) mass is 482 g/mol. The van der Waals surface area contributed by atoms with Gasteiger partial charge < -0.3 is 19.3 Å². The molecule has 0 aliphatic carbocycles. The van der Waals surface area contributed by atoms with Gasteiger partial charge in [-0.2, -0.15) is 0 Å². The number of hydroxylamine groups is 1. The predicted molar refractivity (Wildman–Crippen MR) is 129 cm³/mol. The van der Waals surface area contributed by atoms with E-state index in [2.05, 4.69) is 5.32 Å². The first-order valence-electron chi connectivity index (χ1n) is 11.3. The number of fused-ring (bicyclic) bond motifs is 1. The summed E-state index contributed by atoms with van der Waals surface area (Å²) in [5.74, 6) is -1.98. The number of anilines is 2. The third-order valence-corrected chi connectivity index (χ3v) is 5.10. The summed E-state index contributed by atoms with van der Waals surface area (Å²) in [7, 11) is 0. The summed E-state index contributed by atoms with van der Waals surface area (Å²) in [6.07, 6.45) is 1.63. The van der Waals surface area contributed by atoms with E-state index in [1.54, 1.807) is 66.7 Å². The van der Waals surface area contributed by atoms with Gasteiger partial charge in [-0.3, -0.25) is 14.4 Å². The normalized spacial score (nSPS) is 14.9. The van der Waals surface area contributed by atoms with Crippen molar-refractivity contribution in [2.24, 2.45) is 10.8 Å². The Balaban J connectivity index is 2.07. The van der Waals surface area contributed by atoms with Gasteiger partial charge in [0, 0.05) is 17.7 Å². The number of rotatable bonds is 5. The van der Waals surface area contributed by atoms with E-state index in [1.165, 1.54) is 18.4 Å². The zero-order chi connectivity index (χ0) is 26.1. The lowest BCUT2D eigenvalue weighted by Crippen LogP contribution is -2.35. The van der Waals surface area contributed by atoms with Gasteiger partial charge in [-0.05, 0) is 71.9 Å². The summed E-state index contributed by atoms with van der Waals surface area (Å²) in [5, 5.41) is 3.57. The molecule has 0 saturated carbocycles. The van der Waals surface area contributed by atoms with Crippen LogP contribution in [-0.2, 0) is 24.0 Å². The minimum Gasteiger partial charge on any atom is -0.459 e. The SMILES string of the molecule is CC/C(OC(=O)C(C)(C)C)=C1/C(=O)N(OC(=O)C(C)(C)C)c2cc(NC(=O)c3ccco3)ccc21. The Bertz CT molecular complexity index is 1200. The van der Waals surface area contributed by atoms with Crippen LogP contribution in [0.2, 0.25) is 0 Å². The molecule has 2 amide bonds. The van der Waals surface area contributed by atoms with Gasteiger partial charge in [-0.15, -0.1) is 5.06 Å². The van der Waals surface area contributed by atoms with Crippen LogP contribution in [0.15, 0.2) is 46.8 Å². The molecule has 2 heterocycles. The summed E-state index contributed by atoms with van der Waals surface area (Å²) in [6, 6.07) is 7.82. The van der Waals surface area contributed by atoms with Crippen LogP contribution in [0, 0.1) is 10.8 Å². The van der Waals surface area contributed by atoms with Gasteiger partial charge >= 0.3 is 11.9 Å². The first kappa shape index (κ1) is 25.7. The number of hydrogen-bond donors (Lipinski definition) is 1. The van der Waals surface area contributed by atoms with E-state index in [0.717, 1.165) is 5.06 Å². The maximum absolute atomic E-state index is 13.5. The van der Waals surface area contributed by atoms with E-state index in [0.29, 0.717) is 11.3 Å². The maximum atomic E-state index is 13.5. The van der Waals surface area contributed by atoms with Crippen molar-refractivity contribution in [1.29, 1.82) is 0 Å². The van der Waals surface area contributed by atoms with Crippen molar-refractivity contribution in [2.75, 3.05) is 10.4 Å². The number of nitrogens with zero attached hydrogens (tertiary/aromatic N) is 1. The highest BCUT2D eigenvalue weighted by atomic mass is 16.7. The molecular weight excluding hydrogens is 452 g/mol. The van der Waals surface area contributed by atoms with E-state index in [4.69, 9.17) is 14.0 Å². The fraction of sp³-hybridized carbons (Fsp3) is 0.385. The molecule has 9 heteroatoms. The molecule has 0 radical (unpaired) electrons. The minimum atomic E-state index is -0.885. The molecule has 0 unspecified atom stereocenters. The van der Waals surface area contributed by atoms with E-state index >= 15 is 0 Å². The van der Waals surface area contributed by atoms with E-state index in [-0.39, 0.29) is 29.2 Å². The number of esters is 1. The van der Waals surface area contributed by atoms with E-state index < -0.39 is 34.6 Å². The second-order valence-corrected chi connectivity index (χ2v) is 10.2. The summed E-state index contributed by atoms with van der Waals surface area (Å²) in [5.41, 5.74) is -0.566.